The number of hydrogen-bond acceptors (Lipinski definition) is 4. The predicted molar refractivity (Wildman–Crippen MR) is 93.2 cm³/mol. The molecule has 0 saturated carbocycles. The van der Waals surface area contributed by atoms with Crippen molar-refractivity contribution in [2.24, 2.45) is 0 Å². The van der Waals surface area contributed by atoms with Gasteiger partial charge < -0.3 is 9.57 Å². The van der Waals surface area contributed by atoms with Gasteiger partial charge in [0.15, 0.2) is 5.75 Å². The first-order valence-corrected chi connectivity index (χ1v) is 7.84. The fraction of sp³-hybridized carbons (Fsp3) is 0.158. The maximum atomic E-state index is 11.7. The zero-order chi connectivity index (χ0) is 16.7. The quantitative estimate of drug-likeness (QED) is 0.540. The van der Waals surface area contributed by atoms with E-state index >= 15 is 0 Å². The van der Waals surface area contributed by atoms with Gasteiger partial charge in [0.2, 0.25) is 0 Å². The van der Waals surface area contributed by atoms with E-state index in [4.69, 9.17) is 14.6 Å². The van der Waals surface area contributed by atoms with Gasteiger partial charge in [0, 0.05) is 17.7 Å². The lowest BCUT2D eigenvalue weighted by atomic mass is 10.1. The summed E-state index contributed by atoms with van der Waals surface area (Å²) in [4.78, 5) is 22.3. The van der Waals surface area contributed by atoms with E-state index in [0.29, 0.717) is 17.9 Å². The third kappa shape index (κ3) is 2.09. The van der Waals surface area contributed by atoms with E-state index in [1.54, 1.807) is 4.73 Å². The lowest BCUT2D eigenvalue weighted by Gasteiger charge is -2.12. The molecule has 24 heavy (non-hydrogen) atoms. The Morgan fingerprint density at radius 1 is 1.08 bits per heavy atom. The van der Waals surface area contributed by atoms with Crippen molar-refractivity contribution in [2.75, 3.05) is 6.61 Å². The normalized spacial score (nSPS) is 11.2. The molecule has 2 heterocycles. The first-order valence-electron chi connectivity index (χ1n) is 7.84. The molecule has 0 fully saturated rings. The Labute approximate surface area is 138 Å². The zero-order valence-corrected chi connectivity index (χ0v) is 13.4. The van der Waals surface area contributed by atoms with Crippen LogP contribution in [0.1, 0.15) is 13.8 Å². The fourth-order valence-electron chi connectivity index (χ4n) is 3.03. The van der Waals surface area contributed by atoms with E-state index in [1.165, 1.54) is 6.92 Å². The van der Waals surface area contributed by atoms with Gasteiger partial charge in [-0.2, -0.15) is 4.73 Å². The number of pyridine rings is 1. The molecule has 120 valence electrons. The summed E-state index contributed by atoms with van der Waals surface area (Å²) < 4.78 is 7.29. The summed E-state index contributed by atoms with van der Waals surface area (Å²) in [5, 5.41) is 1.74. The number of fused-ring (bicyclic) bond motifs is 4. The summed E-state index contributed by atoms with van der Waals surface area (Å²) in [5.41, 5.74) is 3.10. The molecule has 0 atom stereocenters. The molecular weight excluding hydrogens is 304 g/mol. The van der Waals surface area contributed by atoms with Gasteiger partial charge in [-0.15, -0.1) is 0 Å². The van der Waals surface area contributed by atoms with Crippen molar-refractivity contribution in [1.82, 2.24) is 9.71 Å². The Morgan fingerprint density at radius 3 is 2.54 bits per heavy atom. The highest BCUT2D eigenvalue weighted by Gasteiger charge is 2.21. The molecule has 4 aromatic rings. The molecule has 0 aliphatic carbocycles. The first-order chi connectivity index (χ1) is 11.7. The molecule has 2 aromatic carbocycles. The standard InChI is InChI=1S/C19H16N2O3/c1-3-23-21-16-11-7-5-9-14(16)17-18(21)19(24-12(2)22)13-8-4-6-10-15(13)20-17/h4-11H,3H2,1-2H3. The monoisotopic (exact) mass is 320 g/mol. The number of carbonyl (C=O) groups excluding carboxylic acids is 1. The molecular formula is C19H16N2O3. The summed E-state index contributed by atoms with van der Waals surface area (Å²) in [6.07, 6.45) is 0. The van der Waals surface area contributed by atoms with Crippen molar-refractivity contribution in [3.63, 3.8) is 0 Å². The van der Waals surface area contributed by atoms with Crippen LogP contribution < -0.4 is 9.57 Å². The molecule has 0 aliphatic rings. The molecule has 0 aliphatic heterocycles. The third-order valence-corrected chi connectivity index (χ3v) is 3.91. The van der Waals surface area contributed by atoms with Gasteiger partial charge in [-0.25, -0.2) is 4.98 Å². The fourth-order valence-corrected chi connectivity index (χ4v) is 3.03. The van der Waals surface area contributed by atoms with E-state index in [2.05, 4.69) is 0 Å². The van der Waals surface area contributed by atoms with Gasteiger partial charge in [-0.1, -0.05) is 30.3 Å². The topological polar surface area (TPSA) is 53.4 Å². The van der Waals surface area contributed by atoms with Crippen LogP contribution in [0.15, 0.2) is 48.5 Å². The highest BCUT2D eigenvalue weighted by Crippen LogP contribution is 2.38. The number of rotatable bonds is 3. The highest BCUT2D eigenvalue weighted by molar-refractivity contribution is 6.13. The molecule has 0 radical (unpaired) electrons. The molecule has 0 saturated heterocycles. The second-order valence-corrected chi connectivity index (χ2v) is 5.48. The molecule has 0 amide bonds. The van der Waals surface area contributed by atoms with E-state index in [1.807, 2.05) is 55.5 Å². The van der Waals surface area contributed by atoms with Crippen LogP contribution in [-0.2, 0) is 4.79 Å². The van der Waals surface area contributed by atoms with Crippen LogP contribution in [0.4, 0.5) is 0 Å². The third-order valence-electron chi connectivity index (χ3n) is 3.91. The van der Waals surface area contributed by atoms with Crippen LogP contribution in [0.25, 0.3) is 32.8 Å². The van der Waals surface area contributed by atoms with Crippen LogP contribution in [0, 0.1) is 0 Å². The number of hydrogen-bond donors (Lipinski definition) is 0. The van der Waals surface area contributed by atoms with Gasteiger partial charge in [-0.3, -0.25) is 4.79 Å². The Hall–Kier alpha value is -3.08. The average Bonchev–Trinajstić information content (AvgIpc) is 2.89. The van der Waals surface area contributed by atoms with E-state index in [9.17, 15) is 4.79 Å². The van der Waals surface area contributed by atoms with Crippen molar-refractivity contribution in [1.29, 1.82) is 0 Å². The number of ether oxygens (including phenoxy) is 1. The van der Waals surface area contributed by atoms with E-state index in [0.717, 1.165) is 27.3 Å². The number of benzene rings is 2. The van der Waals surface area contributed by atoms with Crippen LogP contribution in [-0.4, -0.2) is 22.3 Å². The lowest BCUT2D eigenvalue weighted by Crippen LogP contribution is -2.12. The van der Waals surface area contributed by atoms with Crippen molar-refractivity contribution in [3.05, 3.63) is 48.5 Å². The zero-order valence-electron chi connectivity index (χ0n) is 13.4. The maximum absolute atomic E-state index is 11.7. The van der Waals surface area contributed by atoms with Crippen LogP contribution in [0.3, 0.4) is 0 Å². The highest BCUT2D eigenvalue weighted by atomic mass is 16.7. The van der Waals surface area contributed by atoms with Crippen LogP contribution in [0.5, 0.6) is 5.75 Å². The second kappa shape index (κ2) is 5.53. The number of para-hydroxylation sites is 2. The Bertz CT molecular complexity index is 1080. The van der Waals surface area contributed by atoms with Gasteiger partial charge >= 0.3 is 5.97 Å². The van der Waals surface area contributed by atoms with Crippen molar-refractivity contribution in [3.8, 4) is 5.75 Å². The summed E-state index contributed by atoms with van der Waals surface area (Å²) in [5.74, 6) is 0.105. The van der Waals surface area contributed by atoms with Crippen LogP contribution in [0.2, 0.25) is 0 Å². The largest absolute Gasteiger partial charge is 0.424 e. The smallest absolute Gasteiger partial charge is 0.308 e. The molecule has 5 nitrogen and oxygen atoms in total. The minimum absolute atomic E-state index is 0.374. The molecule has 0 unspecified atom stereocenters. The molecule has 0 bridgehead atoms. The minimum atomic E-state index is -0.374. The Balaban J connectivity index is 2.25. The van der Waals surface area contributed by atoms with Crippen molar-refractivity contribution < 1.29 is 14.4 Å². The predicted octanol–water partition coefficient (Wildman–Crippen LogP) is 3.72. The molecule has 5 heteroatoms. The minimum Gasteiger partial charge on any atom is -0.424 e. The Morgan fingerprint density at radius 2 is 1.79 bits per heavy atom. The molecule has 4 rings (SSSR count). The van der Waals surface area contributed by atoms with Crippen molar-refractivity contribution >= 4 is 38.8 Å². The first kappa shape index (κ1) is 14.5. The molecule has 2 aromatic heterocycles. The number of carbonyl (C=O) groups is 1. The summed E-state index contributed by atoms with van der Waals surface area (Å²) in [7, 11) is 0. The lowest BCUT2D eigenvalue weighted by molar-refractivity contribution is -0.131. The number of nitrogens with zero attached hydrogens (tertiary/aromatic N) is 2. The Kier molecular flexibility index (Phi) is 3.34. The molecule has 0 N–H and O–H groups in total. The summed E-state index contributed by atoms with van der Waals surface area (Å²) in [6, 6.07) is 15.5. The number of esters is 1. The van der Waals surface area contributed by atoms with Crippen LogP contribution >= 0.6 is 0 Å². The summed E-state index contributed by atoms with van der Waals surface area (Å²) in [6.45, 7) is 3.80. The van der Waals surface area contributed by atoms with Gasteiger partial charge in [0.1, 0.15) is 17.6 Å². The van der Waals surface area contributed by atoms with Gasteiger partial charge in [-0.05, 0) is 25.1 Å². The van der Waals surface area contributed by atoms with Crippen molar-refractivity contribution in [2.45, 2.75) is 13.8 Å². The van der Waals surface area contributed by atoms with E-state index in [-0.39, 0.29) is 5.97 Å². The van der Waals surface area contributed by atoms with Gasteiger partial charge in [0.05, 0.1) is 11.0 Å². The number of aromatic nitrogens is 2. The SMILES string of the molecule is CCOn1c2ccccc2c2nc3ccccc3c(OC(C)=O)c21. The molecule has 0 spiro atoms. The second-order valence-electron chi connectivity index (χ2n) is 5.48. The van der Waals surface area contributed by atoms with E-state index < -0.39 is 0 Å². The summed E-state index contributed by atoms with van der Waals surface area (Å²) >= 11 is 0. The van der Waals surface area contributed by atoms with Gasteiger partial charge in [0.25, 0.3) is 0 Å². The average molecular weight is 320 g/mol. The maximum Gasteiger partial charge on any atom is 0.308 e.